The average molecular weight is 294 g/mol. The van der Waals surface area contributed by atoms with Crippen LogP contribution in [0.25, 0.3) is 0 Å². The van der Waals surface area contributed by atoms with Crippen molar-refractivity contribution in [3.63, 3.8) is 0 Å². The van der Waals surface area contributed by atoms with Crippen LogP contribution in [0.5, 0.6) is 0 Å². The Morgan fingerprint density at radius 1 is 0.750 bits per heavy atom. The maximum atomic E-state index is 11.8. The van der Waals surface area contributed by atoms with Crippen LogP contribution in [0.15, 0.2) is 43.4 Å². The van der Waals surface area contributed by atoms with Gasteiger partial charge in [0.2, 0.25) is 0 Å². The Bertz CT molecular complexity index is 600. The van der Waals surface area contributed by atoms with Crippen molar-refractivity contribution >= 4 is 40.4 Å². The third-order valence-electron chi connectivity index (χ3n) is 1.86. The summed E-state index contributed by atoms with van der Waals surface area (Å²) in [5, 5.41) is 5.66. The summed E-state index contributed by atoms with van der Waals surface area (Å²) in [4.78, 5) is -0.354. The first-order valence-electron chi connectivity index (χ1n) is 4.01. The molecule has 8 heteroatoms. The third-order valence-corrected chi connectivity index (χ3v) is 8.65. The predicted molar refractivity (Wildman–Crippen MR) is 63.0 cm³/mol. The van der Waals surface area contributed by atoms with E-state index in [1.54, 1.807) is 0 Å². The monoisotopic (exact) mass is 294 g/mol. The van der Waals surface area contributed by atoms with Crippen molar-refractivity contribution in [3.8, 4) is 0 Å². The molecule has 4 nitrogen and oxygen atoms in total. The minimum atomic E-state index is -4.33. The van der Waals surface area contributed by atoms with Crippen LogP contribution in [0, 0.1) is 0 Å². The number of rotatable bonds is 3. The van der Waals surface area contributed by atoms with E-state index in [4.69, 9.17) is 0 Å². The number of hydrogen-bond donors (Lipinski definition) is 0. The fraction of sp³-hybridized carbons (Fsp3) is 0. The van der Waals surface area contributed by atoms with Gasteiger partial charge in [0.1, 0.15) is 0 Å². The van der Waals surface area contributed by atoms with Crippen molar-refractivity contribution in [2.75, 3.05) is 0 Å². The fourth-order valence-electron chi connectivity index (χ4n) is 1.04. The van der Waals surface area contributed by atoms with Gasteiger partial charge in [-0.15, -0.1) is 0 Å². The van der Waals surface area contributed by atoms with Crippen molar-refractivity contribution in [1.29, 1.82) is 0 Å². The second-order valence-electron chi connectivity index (χ2n) is 2.83. The highest BCUT2D eigenvalue weighted by molar-refractivity contribution is 8.67. The highest BCUT2D eigenvalue weighted by Gasteiger charge is 2.34. The van der Waals surface area contributed by atoms with Crippen LogP contribution in [-0.4, -0.2) is 16.8 Å². The van der Waals surface area contributed by atoms with Crippen LogP contribution in [0.4, 0.5) is 0 Å². The average Bonchev–Trinajstić information content (AvgIpc) is 2.91. The number of thiophene rings is 2. The summed E-state index contributed by atoms with van der Waals surface area (Å²) in [6.07, 6.45) is 0. The molecule has 86 valence electrons. The van der Waals surface area contributed by atoms with Crippen LogP contribution in [0.1, 0.15) is 0 Å². The van der Waals surface area contributed by atoms with Gasteiger partial charge < -0.3 is 0 Å². The molecule has 0 amide bonds. The quantitative estimate of drug-likeness (QED) is 0.812. The lowest BCUT2D eigenvalue weighted by atomic mass is 10.7. The molecule has 2 aromatic heterocycles. The molecule has 2 heterocycles. The van der Waals surface area contributed by atoms with Crippen LogP contribution in [0.2, 0.25) is 0 Å². The van der Waals surface area contributed by atoms with Crippen molar-refractivity contribution < 1.29 is 16.8 Å². The second kappa shape index (κ2) is 3.95. The summed E-state index contributed by atoms with van der Waals surface area (Å²) in [7, 11) is -8.66. The zero-order valence-electron chi connectivity index (χ0n) is 7.73. The Labute approximate surface area is 100 Å². The third kappa shape index (κ3) is 1.71. The highest BCUT2D eigenvalue weighted by atomic mass is 33.2. The lowest BCUT2D eigenvalue weighted by Gasteiger charge is -2.01. The van der Waals surface area contributed by atoms with E-state index in [9.17, 15) is 16.8 Å². The van der Waals surface area contributed by atoms with Gasteiger partial charge in [-0.1, -0.05) is 0 Å². The van der Waals surface area contributed by atoms with E-state index in [2.05, 4.69) is 0 Å². The van der Waals surface area contributed by atoms with Gasteiger partial charge in [0.25, 0.3) is 17.7 Å². The molecule has 16 heavy (non-hydrogen) atoms. The molecule has 0 aromatic carbocycles. The molecule has 0 atom stereocenters. The molecule has 0 aliphatic rings. The predicted octanol–water partition coefficient (Wildman–Crippen LogP) is 1.97. The molecule has 0 N–H and O–H groups in total. The SMILES string of the molecule is O=S(=O)(c1ccsc1)S(=O)(=O)c1ccsc1. The van der Waals surface area contributed by atoms with Crippen molar-refractivity contribution in [3.05, 3.63) is 33.7 Å². The molecule has 0 fully saturated rings. The smallest absolute Gasteiger partial charge is 0.207 e. The lowest BCUT2D eigenvalue weighted by Crippen LogP contribution is -2.14. The van der Waals surface area contributed by atoms with Crippen molar-refractivity contribution in [2.45, 2.75) is 9.79 Å². The van der Waals surface area contributed by atoms with Gasteiger partial charge >= 0.3 is 0 Å². The van der Waals surface area contributed by atoms with Crippen LogP contribution in [-0.2, 0) is 17.7 Å². The first-order chi connectivity index (χ1) is 7.46. The fourth-order valence-corrected chi connectivity index (χ4v) is 7.06. The van der Waals surface area contributed by atoms with Gasteiger partial charge in [-0.25, -0.2) is 16.8 Å². The summed E-state index contributed by atoms with van der Waals surface area (Å²) in [5.74, 6) is 0. The summed E-state index contributed by atoms with van der Waals surface area (Å²) in [6, 6.07) is 2.56. The molecule has 0 aliphatic carbocycles. The zero-order chi connectivity index (χ0) is 11.8. The Balaban J connectivity index is 2.64. The highest BCUT2D eigenvalue weighted by Crippen LogP contribution is 2.27. The van der Waals surface area contributed by atoms with Crippen molar-refractivity contribution in [1.82, 2.24) is 0 Å². The zero-order valence-corrected chi connectivity index (χ0v) is 11.0. The molecular weight excluding hydrogens is 288 g/mol. The summed E-state index contributed by atoms with van der Waals surface area (Å²) in [5.41, 5.74) is 0. The van der Waals surface area contributed by atoms with E-state index in [1.165, 1.54) is 33.7 Å². The standard InChI is InChI=1S/C8H6O4S4/c9-15(10,7-1-3-13-5-7)16(11,12)8-2-4-14-6-8/h1-6H. The van der Waals surface area contributed by atoms with E-state index in [-0.39, 0.29) is 9.79 Å². The van der Waals surface area contributed by atoms with Gasteiger partial charge in [0.05, 0.1) is 9.79 Å². The summed E-state index contributed by atoms with van der Waals surface area (Å²) >= 11 is 2.28. The maximum absolute atomic E-state index is 11.8. The van der Waals surface area contributed by atoms with Gasteiger partial charge in [-0.05, 0) is 22.9 Å². The van der Waals surface area contributed by atoms with Crippen LogP contribution in [0.3, 0.4) is 0 Å². The van der Waals surface area contributed by atoms with E-state index < -0.39 is 17.7 Å². The lowest BCUT2D eigenvalue weighted by molar-refractivity contribution is 0.583. The van der Waals surface area contributed by atoms with E-state index in [0.29, 0.717) is 0 Å². The molecule has 2 aromatic rings. The molecule has 0 aliphatic heterocycles. The Hall–Kier alpha value is -0.700. The molecular formula is C8H6O4S4. The minimum Gasteiger partial charge on any atom is -0.207 e. The molecule has 0 unspecified atom stereocenters. The molecule has 0 saturated heterocycles. The van der Waals surface area contributed by atoms with Gasteiger partial charge in [0, 0.05) is 10.8 Å². The minimum absolute atomic E-state index is 0.177. The number of hydrogen-bond acceptors (Lipinski definition) is 6. The molecule has 0 saturated carbocycles. The molecule has 0 spiro atoms. The molecule has 2 rings (SSSR count). The Morgan fingerprint density at radius 3 is 1.38 bits per heavy atom. The topological polar surface area (TPSA) is 68.3 Å². The van der Waals surface area contributed by atoms with Gasteiger partial charge in [-0.3, -0.25) is 0 Å². The Morgan fingerprint density at radius 2 is 1.12 bits per heavy atom. The van der Waals surface area contributed by atoms with E-state index in [0.717, 1.165) is 22.7 Å². The van der Waals surface area contributed by atoms with E-state index in [1.807, 2.05) is 0 Å². The summed E-state index contributed by atoms with van der Waals surface area (Å²) in [6.45, 7) is 0. The largest absolute Gasteiger partial charge is 0.287 e. The first kappa shape index (κ1) is 11.8. The summed E-state index contributed by atoms with van der Waals surface area (Å²) < 4.78 is 47.3. The van der Waals surface area contributed by atoms with Gasteiger partial charge in [-0.2, -0.15) is 22.7 Å². The van der Waals surface area contributed by atoms with Gasteiger partial charge in [0.15, 0.2) is 0 Å². The Kier molecular flexibility index (Phi) is 2.91. The molecule has 0 bridgehead atoms. The second-order valence-corrected chi connectivity index (χ2v) is 9.78. The maximum Gasteiger partial charge on any atom is 0.287 e. The normalized spacial score (nSPS) is 12.8. The van der Waals surface area contributed by atoms with E-state index >= 15 is 0 Å². The van der Waals surface area contributed by atoms with Crippen molar-refractivity contribution in [2.24, 2.45) is 0 Å². The van der Waals surface area contributed by atoms with Crippen LogP contribution < -0.4 is 0 Å². The molecule has 0 radical (unpaired) electrons. The first-order valence-corrected chi connectivity index (χ1v) is 9.37. The van der Waals surface area contributed by atoms with Crippen LogP contribution >= 0.6 is 22.7 Å².